The van der Waals surface area contributed by atoms with Crippen molar-refractivity contribution < 1.29 is 9.13 Å². The molecule has 0 spiro atoms. The maximum absolute atomic E-state index is 13.1. The predicted octanol–water partition coefficient (Wildman–Crippen LogP) is 4.59. The van der Waals surface area contributed by atoms with Gasteiger partial charge in [0.25, 0.3) is 4.59 Å². The Labute approximate surface area is 109 Å². The van der Waals surface area contributed by atoms with E-state index in [4.69, 9.17) is 27.9 Å². The Morgan fingerprint density at radius 1 is 1.38 bits per heavy atom. The highest BCUT2D eigenvalue weighted by Gasteiger charge is 2.28. The fourth-order valence-electron chi connectivity index (χ4n) is 1.37. The normalized spacial score (nSPS) is 13.8. The zero-order valence-electron chi connectivity index (χ0n) is 9.04. The molecule has 0 N–H and O–H groups in total. The first-order valence-electron chi connectivity index (χ1n) is 4.70. The van der Waals surface area contributed by atoms with Gasteiger partial charge >= 0.3 is 0 Å². The summed E-state index contributed by atoms with van der Waals surface area (Å²) in [4.78, 5) is 1.14. The van der Waals surface area contributed by atoms with E-state index in [9.17, 15) is 4.39 Å². The average Bonchev–Trinajstić information content (AvgIpc) is 2.25. The lowest BCUT2D eigenvalue weighted by molar-refractivity contribution is 0.0776. The van der Waals surface area contributed by atoms with E-state index in [1.54, 1.807) is 11.8 Å². The summed E-state index contributed by atoms with van der Waals surface area (Å²) in [5.41, 5.74) is 0.864. The smallest absolute Gasteiger partial charge is 0.260 e. The summed E-state index contributed by atoms with van der Waals surface area (Å²) in [7, 11) is 1.51. The fourth-order valence-corrected chi connectivity index (χ4v) is 2.05. The van der Waals surface area contributed by atoms with Crippen LogP contribution in [0.3, 0.4) is 0 Å². The van der Waals surface area contributed by atoms with Crippen LogP contribution in [0.15, 0.2) is 29.2 Å². The Morgan fingerprint density at radius 3 is 2.31 bits per heavy atom. The van der Waals surface area contributed by atoms with Crippen molar-refractivity contribution in [3.63, 3.8) is 0 Å². The monoisotopic (exact) mass is 282 g/mol. The third-order valence-electron chi connectivity index (χ3n) is 2.19. The summed E-state index contributed by atoms with van der Waals surface area (Å²) >= 11 is 12.3. The van der Waals surface area contributed by atoms with Crippen molar-refractivity contribution in [1.82, 2.24) is 0 Å². The van der Waals surface area contributed by atoms with E-state index < -0.39 is 10.7 Å². The van der Waals surface area contributed by atoms with E-state index in [0.29, 0.717) is 0 Å². The van der Waals surface area contributed by atoms with Gasteiger partial charge in [0, 0.05) is 18.4 Å². The lowest BCUT2D eigenvalue weighted by Crippen LogP contribution is -2.13. The van der Waals surface area contributed by atoms with Crippen molar-refractivity contribution in [2.45, 2.75) is 22.0 Å². The first-order chi connectivity index (χ1) is 7.46. The van der Waals surface area contributed by atoms with Gasteiger partial charge in [-0.1, -0.05) is 35.3 Å². The molecular weight excluding hydrogens is 270 g/mol. The van der Waals surface area contributed by atoms with Crippen molar-refractivity contribution in [1.29, 1.82) is 0 Å². The maximum Gasteiger partial charge on any atom is 0.260 e. The van der Waals surface area contributed by atoms with E-state index in [0.717, 1.165) is 10.5 Å². The standard InChI is InChI=1S/C11H13Cl2FOS/c1-15-10(7-11(12,13)14)8-3-5-9(16-2)6-4-8/h3-6,10H,7H2,1-2H3. The molecule has 0 aliphatic carbocycles. The van der Waals surface area contributed by atoms with Gasteiger partial charge in [-0.15, -0.1) is 11.8 Å². The molecule has 1 aromatic carbocycles. The van der Waals surface area contributed by atoms with Crippen LogP contribution in [0.2, 0.25) is 0 Å². The van der Waals surface area contributed by atoms with Gasteiger partial charge in [-0.05, 0) is 24.0 Å². The molecule has 0 aromatic heterocycles. The lowest BCUT2D eigenvalue weighted by atomic mass is 10.1. The van der Waals surface area contributed by atoms with E-state index in [1.165, 1.54) is 7.11 Å². The third-order valence-corrected chi connectivity index (χ3v) is 3.24. The van der Waals surface area contributed by atoms with E-state index in [-0.39, 0.29) is 6.42 Å². The number of benzene rings is 1. The van der Waals surface area contributed by atoms with Gasteiger partial charge in [0.2, 0.25) is 0 Å². The summed E-state index contributed by atoms with van der Waals surface area (Å²) < 4.78 is 16.0. The largest absolute Gasteiger partial charge is 0.377 e. The number of halogens is 3. The number of hydrogen-bond acceptors (Lipinski definition) is 2. The highest BCUT2D eigenvalue weighted by atomic mass is 35.5. The van der Waals surface area contributed by atoms with Crippen molar-refractivity contribution in [2.75, 3.05) is 13.4 Å². The molecule has 0 fully saturated rings. The maximum atomic E-state index is 13.1. The quantitative estimate of drug-likeness (QED) is 0.577. The molecule has 1 unspecified atom stereocenters. The second-order valence-corrected chi connectivity index (χ2v) is 5.59. The zero-order chi connectivity index (χ0) is 12.2. The molecule has 0 amide bonds. The molecule has 0 saturated heterocycles. The van der Waals surface area contributed by atoms with Gasteiger partial charge in [0.1, 0.15) is 0 Å². The minimum Gasteiger partial charge on any atom is -0.377 e. The highest BCUT2D eigenvalue weighted by molar-refractivity contribution is 7.98. The Bertz CT molecular complexity index is 324. The molecular formula is C11H13Cl2FOS. The molecule has 0 saturated carbocycles. The number of methoxy groups -OCH3 is 1. The molecule has 0 radical (unpaired) electrons. The second kappa shape index (κ2) is 6.10. The first kappa shape index (κ1) is 14.1. The Balaban J connectivity index is 2.79. The topological polar surface area (TPSA) is 9.23 Å². The second-order valence-electron chi connectivity index (χ2n) is 3.32. The fraction of sp³-hybridized carbons (Fsp3) is 0.455. The molecule has 5 heteroatoms. The van der Waals surface area contributed by atoms with Crippen LogP contribution in [-0.4, -0.2) is 18.0 Å². The molecule has 0 bridgehead atoms. The number of rotatable bonds is 5. The van der Waals surface area contributed by atoms with Crippen LogP contribution in [0.4, 0.5) is 4.39 Å². The first-order valence-corrected chi connectivity index (χ1v) is 6.68. The van der Waals surface area contributed by atoms with Gasteiger partial charge in [-0.3, -0.25) is 0 Å². The molecule has 1 atom stereocenters. The SMILES string of the molecule is COC(CC(F)(Cl)Cl)c1ccc(SC)cc1. The third kappa shape index (κ3) is 4.50. The average molecular weight is 283 g/mol. The van der Waals surface area contributed by atoms with Crippen molar-refractivity contribution >= 4 is 35.0 Å². The van der Waals surface area contributed by atoms with Gasteiger partial charge in [0.15, 0.2) is 0 Å². The number of ether oxygens (including phenoxy) is 1. The van der Waals surface area contributed by atoms with Crippen molar-refractivity contribution in [2.24, 2.45) is 0 Å². The Kier molecular flexibility index (Phi) is 5.38. The van der Waals surface area contributed by atoms with Crippen LogP contribution in [0, 0.1) is 0 Å². The number of alkyl halides is 3. The minimum atomic E-state index is -2.27. The van der Waals surface area contributed by atoms with Gasteiger partial charge < -0.3 is 4.74 Å². The van der Waals surface area contributed by atoms with Crippen LogP contribution in [0.5, 0.6) is 0 Å². The minimum absolute atomic E-state index is 0.0920. The number of hydrogen-bond donors (Lipinski definition) is 0. The predicted molar refractivity (Wildman–Crippen MR) is 68.1 cm³/mol. The lowest BCUT2D eigenvalue weighted by Gasteiger charge is -2.19. The molecule has 0 heterocycles. The van der Waals surface area contributed by atoms with Gasteiger partial charge in [0.05, 0.1) is 6.10 Å². The highest BCUT2D eigenvalue weighted by Crippen LogP contribution is 2.35. The Hall–Kier alpha value is 0.0400. The molecule has 16 heavy (non-hydrogen) atoms. The van der Waals surface area contributed by atoms with E-state index >= 15 is 0 Å². The molecule has 0 aliphatic rings. The van der Waals surface area contributed by atoms with E-state index in [1.807, 2.05) is 30.5 Å². The molecule has 1 rings (SSSR count). The Morgan fingerprint density at radius 2 is 1.94 bits per heavy atom. The summed E-state index contributed by atoms with van der Waals surface area (Å²) in [5.74, 6) is 0. The van der Waals surface area contributed by atoms with Crippen LogP contribution in [0.1, 0.15) is 18.1 Å². The van der Waals surface area contributed by atoms with Crippen molar-refractivity contribution in [3.8, 4) is 0 Å². The van der Waals surface area contributed by atoms with Crippen molar-refractivity contribution in [3.05, 3.63) is 29.8 Å². The zero-order valence-corrected chi connectivity index (χ0v) is 11.4. The molecule has 1 aromatic rings. The van der Waals surface area contributed by atoms with Gasteiger partial charge in [-0.25, -0.2) is 4.39 Å². The summed E-state index contributed by atoms with van der Waals surface area (Å²) in [6, 6.07) is 7.68. The summed E-state index contributed by atoms with van der Waals surface area (Å²) in [6.45, 7) is 0. The molecule has 1 nitrogen and oxygen atoms in total. The van der Waals surface area contributed by atoms with Crippen LogP contribution in [0.25, 0.3) is 0 Å². The summed E-state index contributed by atoms with van der Waals surface area (Å²) in [6.07, 6.45) is 1.47. The van der Waals surface area contributed by atoms with E-state index in [2.05, 4.69) is 0 Å². The van der Waals surface area contributed by atoms with Crippen LogP contribution < -0.4 is 0 Å². The van der Waals surface area contributed by atoms with Crippen LogP contribution >= 0.6 is 35.0 Å². The number of thioether (sulfide) groups is 1. The summed E-state index contributed by atoms with van der Waals surface area (Å²) in [5, 5.41) is 0. The van der Waals surface area contributed by atoms with Gasteiger partial charge in [-0.2, -0.15) is 0 Å². The molecule has 0 aliphatic heterocycles. The molecule has 90 valence electrons. The van der Waals surface area contributed by atoms with Crippen LogP contribution in [-0.2, 0) is 4.74 Å².